The molecule has 1 aromatic heterocycles. The fourth-order valence-electron chi connectivity index (χ4n) is 4.77. The highest BCUT2D eigenvalue weighted by Crippen LogP contribution is 2.58. The number of hydrogen-bond acceptors (Lipinski definition) is 4. The van der Waals surface area contributed by atoms with Gasteiger partial charge in [0.25, 0.3) is 5.82 Å². The van der Waals surface area contributed by atoms with Crippen LogP contribution in [0.25, 0.3) is 0 Å². The number of nitriles is 1. The Hall–Kier alpha value is -1.44. The van der Waals surface area contributed by atoms with Crippen LogP contribution >= 0.6 is 0 Å². The van der Waals surface area contributed by atoms with E-state index in [1.807, 2.05) is 6.07 Å². The van der Waals surface area contributed by atoms with E-state index in [9.17, 15) is 0 Å². The largest absolute Gasteiger partial charge is 0.273 e. The van der Waals surface area contributed by atoms with Gasteiger partial charge in [0, 0.05) is 0 Å². The Morgan fingerprint density at radius 2 is 1.71 bits per heavy atom. The summed E-state index contributed by atoms with van der Waals surface area (Å²) in [7, 11) is 0. The smallest absolute Gasteiger partial charge is 0.189 e. The second-order valence-electron chi connectivity index (χ2n) is 6.16. The molecule has 0 radical (unpaired) electrons. The summed E-state index contributed by atoms with van der Waals surface area (Å²) in [5.41, 5.74) is 0.0941. The molecule has 0 aromatic carbocycles. The van der Waals surface area contributed by atoms with Gasteiger partial charge in [-0.3, -0.25) is 0 Å². The van der Waals surface area contributed by atoms with Crippen LogP contribution < -0.4 is 0 Å². The Morgan fingerprint density at radius 1 is 1.12 bits per heavy atom. The van der Waals surface area contributed by atoms with Crippen LogP contribution in [0.15, 0.2) is 0 Å². The van der Waals surface area contributed by atoms with Gasteiger partial charge in [-0.1, -0.05) is 5.10 Å². The van der Waals surface area contributed by atoms with Gasteiger partial charge < -0.3 is 0 Å². The van der Waals surface area contributed by atoms with Crippen LogP contribution in [0.4, 0.5) is 0 Å². The summed E-state index contributed by atoms with van der Waals surface area (Å²) in [5, 5.41) is 21.0. The minimum Gasteiger partial charge on any atom is -0.189 e. The zero-order valence-electron chi connectivity index (χ0n) is 9.71. The van der Waals surface area contributed by atoms with Gasteiger partial charge >= 0.3 is 0 Å². The van der Waals surface area contributed by atoms with Crippen LogP contribution in [0.5, 0.6) is 0 Å². The first-order valence-corrected chi connectivity index (χ1v) is 6.48. The molecule has 0 amide bonds. The number of hydrogen-bond donors (Lipinski definition) is 0. The zero-order chi connectivity index (χ0) is 11.5. The maximum atomic E-state index is 8.80. The molecule has 17 heavy (non-hydrogen) atoms. The molecule has 1 aromatic rings. The molecule has 4 aliphatic rings. The minimum atomic E-state index is 0.0941. The second-order valence-corrected chi connectivity index (χ2v) is 6.16. The van der Waals surface area contributed by atoms with E-state index in [2.05, 4.69) is 15.4 Å². The van der Waals surface area contributed by atoms with Crippen LogP contribution in [-0.4, -0.2) is 20.2 Å². The maximum absolute atomic E-state index is 8.80. The summed E-state index contributed by atoms with van der Waals surface area (Å²) in [5.74, 6) is 2.79. The molecule has 4 fully saturated rings. The second kappa shape index (κ2) is 3.06. The summed E-state index contributed by atoms with van der Waals surface area (Å²) >= 11 is 0. The highest BCUT2D eigenvalue weighted by molar-refractivity contribution is 5.07. The maximum Gasteiger partial charge on any atom is 0.273 e. The summed E-state index contributed by atoms with van der Waals surface area (Å²) in [4.78, 5) is 1.77. The monoisotopic (exact) mass is 229 g/mol. The quantitative estimate of drug-likeness (QED) is 0.731. The molecule has 4 bridgehead atoms. The topological polar surface area (TPSA) is 67.4 Å². The van der Waals surface area contributed by atoms with Gasteiger partial charge in [0.1, 0.15) is 6.07 Å². The Morgan fingerprint density at radius 3 is 2.18 bits per heavy atom. The minimum absolute atomic E-state index is 0.0941. The number of rotatable bonds is 1. The van der Waals surface area contributed by atoms with Gasteiger partial charge in [-0.05, 0) is 61.5 Å². The first-order chi connectivity index (χ1) is 8.27. The van der Waals surface area contributed by atoms with Gasteiger partial charge in [0.2, 0.25) is 0 Å². The van der Waals surface area contributed by atoms with Crippen molar-refractivity contribution in [2.75, 3.05) is 0 Å². The van der Waals surface area contributed by atoms with Gasteiger partial charge in [0.05, 0.1) is 5.54 Å². The van der Waals surface area contributed by atoms with Crippen LogP contribution in [0.3, 0.4) is 0 Å². The van der Waals surface area contributed by atoms with Crippen molar-refractivity contribution in [1.29, 1.82) is 5.26 Å². The first kappa shape index (κ1) is 9.58. The van der Waals surface area contributed by atoms with Crippen LogP contribution in [0, 0.1) is 29.1 Å². The molecule has 4 aliphatic carbocycles. The molecular formula is C12H15N5. The molecule has 0 aliphatic heterocycles. The summed E-state index contributed by atoms with van der Waals surface area (Å²) < 4.78 is 0. The van der Waals surface area contributed by atoms with Crippen molar-refractivity contribution in [1.82, 2.24) is 20.2 Å². The van der Waals surface area contributed by atoms with E-state index in [-0.39, 0.29) is 11.4 Å². The fourth-order valence-corrected chi connectivity index (χ4v) is 4.77. The molecular weight excluding hydrogens is 214 g/mol. The van der Waals surface area contributed by atoms with Gasteiger partial charge in [-0.25, -0.2) is 0 Å². The predicted octanol–water partition coefficient (Wildman–Crippen LogP) is 1.47. The molecule has 0 spiro atoms. The van der Waals surface area contributed by atoms with Crippen molar-refractivity contribution < 1.29 is 0 Å². The lowest BCUT2D eigenvalue weighted by Gasteiger charge is -2.55. The van der Waals surface area contributed by atoms with Crippen molar-refractivity contribution in [3.05, 3.63) is 5.82 Å². The highest BCUT2D eigenvalue weighted by Gasteiger charge is 2.53. The number of aromatic nitrogens is 4. The van der Waals surface area contributed by atoms with E-state index in [0.29, 0.717) is 0 Å². The van der Waals surface area contributed by atoms with Crippen molar-refractivity contribution in [3.8, 4) is 6.07 Å². The van der Waals surface area contributed by atoms with E-state index in [4.69, 9.17) is 5.26 Å². The van der Waals surface area contributed by atoms with E-state index in [1.54, 1.807) is 4.80 Å². The third-order valence-corrected chi connectivity index (χ3v) is 4.94. The molecule has 88 valence electrons. The molecule has 0 unspecified atom stereocenters. The van der Waals surface area contributed by atoms with Crippen molar-refractivity contribution >= 4 is 0 Å². The highest BCUT2D eigenvalue weighted by atomic mass is 15.6. The Labute approximate surface area is 99.8 Å². The van der Waals surface area contributed by atoms with Gasteiger partial charge in [0.15, 0.2) is 0 Å². The van der Waals surface area contributed by atoms with E-state index in [1.165, 1.54) is 38.5 Å². The van der Waals surface area contributed by atoms with E-state index in [0.717, 1.165) is 17.8 Å². The average molecular weight is 229 g/mol. The normalized spacial score (nSPS) is 42.6. The van der Waals surface area contributed by atoms with Crippen LogP contribution in [0.1, 0.15) is 44.3 Å². The molecule has 0 atom stereocenters. The molecule has 0 saturated heterocycles. The van der Waals surface area contributed by atoms with E-state index >= 15 is 0 Å². The molecule has 0 N–H and O–H groups in total. The molecule has 1 heterocycles. The molecule has 5 nitrogen and oxygen atoms in total. The Balaban J connectivity index is 1.75. The summed E-state index contributed by atoms with van der Waals surface area (Å²) in [6.45, 7) is 0. The van der Waals surface area contributed by atoms with Crippen molar-refractivity contribution in [2.45, 2.75) is 44.1 Å². The third kappa shape index (κ3) is 1.27. The van der Waals surface area contributed by atoms with Crippen molar-refractivity contribution in [2.24, 2.45) is 17.8 Å². The number of nitrogens with zero attached hydrogens (tertiary/aromatic N) is 5. The zero-order valence-corrected chi connectivity index (χ0v) is 9.71. The fraction of sp³-hybridized carbons (Fsp3) is 0.833. The lowest BCUT2D eigenvalue weighted by atomic mass is 9.53. The number of tetrazole rings is 1. The van der Waals surface area contributed by atoms with Crippen LogP contribution in [-0.2, 0) is 5.54 Å². The predicted molar refractivity (Wildman–Crippen MR) is 58.7 cm³/mol. The lowest BCUT2D eigenvalue weighted by Crippen LogP contribution is -2.52. The lowest BCUT2D eigenvalue weighted by molar-refractivity contribution is -0.0574. The molecule has 4 saturated carbocycles. The first-order valence-electron chi connectivity index (χ1n) is 6.48. The van der Waals surface area contributed by atoms with Crippen LogP contribution in [0.2, 0.25) is 0 Å². The van der Waals surface area contributed by atoms with Crippen molar-refractivity contribution in [3.63, 3.8) is 0 Å². The SMILES string of the molecule is N#Cc1nnn(C23CC4CC(CC(C4)C2)C3)n1. The Bertz CT molecular complexity index is 462. The molecule has 5 rings (SSSR count). The average Bonchev–Trinajstić information content (AvgIpc) is 2.76. The Kier molecular flexibility index (Phi) is 1.73. The summed E-state index contributed by atoms with van der Waals surface area (Å²) in [6.07, 6.45) is 7.79. The molecule has 5 heteroatoms. The third-order valence-electron chi connectivity index (χ3n) is 4.94. The standard InChI is InChI=1S/C12H15N5/c13-7-11-14-16-17(15-11)12-4-8-1-9(5-12)3-10(2-8)6-12/h8-10H,1-6H2. The van der Waals surface area contributed by atoms with Gasteiger partial charge in [-0.2, -0.15) is 10.1 Å². The van der Waals surface area contributed by atoms with E-state index < -0.39 is 0 Å². The van der Waals surface area contributed by atoms with Gasteiger partial charge in [-0.15, -0.1) is 5.10 Å². The summed E-state index contributed by atoms with van der Waals surface area (Å²) in [6, 6.07) is 1.97.